The molecule has 29 heavy (non-hydrogen) atoms. The number of esters is 1. The second-order valence-electron chi connectivity index (χ2n) is 6.28. The van der Waals surface area contributed by atoms with Crippen LogP contribution in [0.15, 0.2) is 65.1 Å². The highest BCUT2D eigenvalue weighted by atomic mass is 19.1. The maximum atomic E-state index is 12.9. The summed E-state index contributed by atoms with van der Waals surface area (Å²) in [7, 11) is 1.49. The van der Waals surface area contributed by atoms with Gasteiger partial charge in [0.1, 0.15) is 22.7 Å². The number of rotatable bonds is 5. The summed E-state index contributed by atoms with van der Waals surface area (Å²) >= 11 is 0. The standard InChI is InChI=1S/C22H16FNO5/c1-27-20-10-16-15-4-2-3-5-18(15)29-19(16)11-17(20)24-21(25)12-28-22(26)13-6-8-14(23)9-7-13/h2-11H,12H2,1H3,(H,24,25). The van der Waals surface area contributed by atoms with E-state index in [1.165, 1.54) is 19.2 Å². The van der Waals surface area contributed by atoms with Crippen molar-refractivity contribution in [1.82, 2.24) is 0 Å². The molecular weight excluding hydrogens is 377 g/mol. The van der Waals surface area contributed by atoms with Crippen LogP contribution in [0.5, 0.6) is 5.75 Å². The molecule has 6 nitrogen and oxygen atoms in total. The van der Waals surface area contributed by atoms with E-state index in [4.69, 9.17) is 13.9 Å². The van der Waals surface area contributed by atoms with Gasteiger partial charge in [-0.25, -0.2) is 9.18 Å². The van der Waals surface area contributed by atoms with Crippen LogP contribution in [-0.4, -0.2) is 25.6 Å². The van der Waals surface area contributed by atoms with Gasteiger partial charge in [-0.2, -0.15) is 0 Å². The predicted molar refractivity (Wildman–Crippen MR) is 106 cm³/mol. The van der Waals surface area contributed by atoms with Crippen LogP contribution in [0.25, 0.3) is 21.9 Å². The predicted octanol–water partition coefficient (Wildman–Crippen LogP) is 4.53. The lowest BCUT2D eigenvalue weighted by Crippen LogP contribution is -2.21. The van der Waals surface area contributed by atoms with Gasteiger partial charge in [0.25, 0.3) is 5.91 Å². The number of fused-ring (bicyclic) bond motifs is 3. The van der Waals surface area contributed by atoms with Gasteiger partial charge in [-0.05, 0) is 36.4 Å². The van der Waals surface area contributed by atoms with Gasteiger partial charge in [0.15, 0.2) is 6.61 Å². The largest absolute Gasteiger partial charge is 0.495 e. The summed E-state index contributed by atoms with van der Waals surface area (Å²) in [6, 6.07) is 15.9. The fraction of sp³-hybridized carbons (Fsp3) is 0.0909. The van der Waals surface area contributed by atoms with Crippen molar-refractivity contribution >= 4 is 39.5 Å². The topological polar surface area (TPSA) is 77.8 Å². The first-order valence-corrected chi connectivity index (χ1v) is 8.77. The average Bonchev–Trinajstić information content (AvgIpc) is 3.09. The number of hydrogen-bond acceptors (Lipinski definition) is 5. The number of methoxy groups -OCH3 is 1. The number of carbonyl (C=O) groups excluding carboxylic acids is 2. The number of carbonyl (C=O) groups is 2. The normalized spacial score (nSPS) is 10.8. The third-order valence-electron chi connectivity index (χ3n) is 4.39. The van der Waals surface area contributed by atoms with Crippen LogP contribution < -0.4 is 10.1 Å². The number of furan rings is 1. The zero-order valence-electron chi connectivity index (χ0n) is 15.4. The SMILES string of the molecule is COc1cc2c(cc1NC(=O)COC(=O)c1ccc(F)cc1)oc1ccccc12. The van der Waals surface area contributed by atoms with Crippen molar-refractivity contribution in [1.29, 1.82) is 0 Å². The Bertz CT molecular complexity index is 1210. The Labute approximate surface area is 164 Å². The molecular formula is C22H16FNO5. The van der Waals surface area contributed by atoms with E-state index in [9.17, 15) is 14.0 Å². The summed E-state index contributed by atoms with van der Waals surface area (Å²) in [6.07, 6.45) is 0. The molecule has 0 spiro atoms. The van der Waals surface area contributed by atoms with Crippen molar-refractivity contribution < 1.29 is 27.9 Å². The Hall–Kier alpha value is -3.87. The Kier molecular flexibility index (Phi) is 4.87. The molecule has 3 aromatic carbocycles. The molecule has 0 aliphatic rings. The first-order chi connectivity index (χ1) is 14.0. The third kappa shape index (κ3) is 3.75. The van der Waals surface area contributed by atoms with Crippen LogP contribution in [0.4, 0.5) is 10.1 Å². The van der Waals surface area contributed by atoms with Crippen molar-refractivity contribution in [3.05, 3.63) is 72.0 Å². The van der Waals surface area contributed by atoms with Crippen LogP contribution in [0.3, 0.4) is 0 Å². The Balaban J connectivity index is 1.50. The van der Waals surface area contributed by atoms with Crippen LogP contribution in [-0.2, 0) is 9.53 Å². The minimum absolute atomic E-state index is 0.153. The minimum atomic E-state index is -0.722. The van der Waals surface area contributed by atoms with Crippen LogP contribution in [0, 0.1) is 5.82 Å². The number of ether oxygens (including phenoxy) is 2. The van der Waals surface area contributed by atoms with E-state index in [2.05, 4.69) is 5.32 Å². The molecule has 4 aromatic rings. The van der Waals surface area contributed by atoms with Crippen molar-refractivity contribution in [3.8, 4) is 5.75 Å². The minimum Gasteiger partial charge on any atom is -0.495 e. The fourth-order valence-corrected chi connectivity index (χ4v) is 3.00. The molecule has 0 aliphatic heterocycles. The highest BCUT2D eigenvalue weighted by molar-refractivity contribution is 6.08. The highest BCUT2D eigenvalue weighted by Crippen LogP contribution is 2.36. The number of amides is 1. The molecule has 1 N–H and O–H groups in total. The molecule has 0 fully saturated rings. The molecule has 0 aliphatic carbocycles. The zero-order valence-corrected chi connectivity index (χ0v) is 15.4. The molecule has 1 aromatic heterocycles. The molecule has 0 bridgehead atoms. The number of benzene rings is 3. The van der Waals surface area contributed by atoms with Gasteiger partial charge in [0.05, 0.1) is 18.4 Å². The summed E-state index contributed by atoms with van der Waals surface area (Å²) in [6.45, 7) is -0.502. The first-order valence-electron chi connectivity index (χ1n) is 8.77. The lowest BCUT2D eigenvalue weighted by Gasteiger charge is -2.10. The zero-order chi connectivity index (χ0) is 20.4. The second kappa shape index (κ2) is 7.63. The molecule has 0 radical (unpaired) electrons. The number of anilines is 1. The highest BCUT2D eigenvalue weighted by Gasteiger charge is 2.15. The molecule has 146 valence electrons. The number of nitrogens with one attached hydrogen (secondary N) is 1. The smallest absolute Gasteiger partial charge is 0.338 e. The molecule has 0 saturated carbocycles. The number of halogens is 1. The summed E-state index contributed by atoms with van der Waals surface area (Å²) in [5, 5.41) is 4.45. The first kappa shape index (κ1) is 18.5. The number of para-hydroxylation sites is 1. The summed E-state index contributed by atoms with van der Waals surface area (Å²) in [5.41, 5.74) is 1.86. The quantitative estimate of drug-likeness (QED) is 0.504. The maximum absolute atomic E-state index is 12.9. The van der Waals surface area contributed by atoms with Crippen LogP contribution >= 0.6 is 0 Å². The maximum Gasteiger partial charge on any atom is 0.338 e. The molecule has 7 heteroatoms. The lowest BCUT2D eigenvalue weighted by atomic mass is 10.1. The lowest BCUT2D eigenvalue weighted by molar-refractivity contribution is -0.119. The van der Waals surface area contributed by atoms with E-state index in [0.29, 0.717) is 17.0 Å². The van der Waals surface area contributed by atoms with Crippen molar-refractivity contribution in [3.63, 3.8) is 0 Å². The van der Waals surface area contributed by atoms with Gasteiger partial charge < -0.3 is 19.2 Å². The van der Waals surface area contributed by atoms with Crippen molar-refractivity contribution in [2.45, 2.75) is 0 Å². The van der Waals surface area contributed by atoms with Gasteiger partial charge in [-0.15, -0.1) is 0 Å². The molecule has 0 saturated heterocycles. The van der Waals surface area contributed by atoms with E-state index in [0.717, 1.165) is 28.5 Å². The van der Waals surface area contributed by atoms with Crippen LogP contribution in [0.1, 0.15) is 10.4 Å². The van der Waals surface area contributed by atoms with Crippen molar-refractivity contribution in [2.24, 2.45) is 0 Å². The van der Waals surface area contributed by atoms with Gasteiger partial charge in [-0.3, -0.25) is 4.79 Å². The van der Waals surface area contributed by atoms with Gasteiger partial charge in [0.2, 0.25) is 0 Å². The van der Waals surface area contributed by atoms with E-state index in [1.807, 2.05) is 24.3 Å². The molecule has 1 amide bonds. The number of hydrogen-bond donors (Lipinski definition) is 1. The Morgan fingerprint density at radius 1 is 1.00 bits per heavy atom. The van der Waals surface area contributed by atoms with E-state index < -0.39 is 24.3 Å². The molecule has 0 atom stereocenters. The molecule has 1 heterocycles. The summed E-state index contributed by atoms with van der Waals surface area (Å²) in [4.78, 5) is 24.2. The second-order valence-corrected chi connectivity index (χ2v) is 6.28. The van der Waals surface area contributed by atoms with Crippen molar-refractivity contribution in [2.75, 3.05) is 19.0 Å². The fourth-order valence-electron chi connectivity index (χ4n) is 3.00. The Morgan fingerprint density at radius 2 is 1.76 bits per heavy atom. The summed E-state index contributed by atoms with van der Waals surface area (Å²) < 4.78 is 29.1. The average molecular weight is 393 g/mol. The van der Waals surface area contributed by atoms with Crippen LogP contribution in [0.2, 0.25) is 0 Å². The van der Waals surface area contributed by atoms with E-state index in [-0.39, 0.29) is 5.56 Å². The van der Waals surface area contributed by atoms with Gasteiger partial charge >= 0.3 is 5.97 Å². The third-order valence-corrected chi connectivity index (χ3v) is 4.39. The van der Waals surface area contributed by atoms with E-state index in [1.54, 1.807) is 12.1 Å². The van der Waals surface area contributed by atoms with E-state index >= 15 is 0 Å². The Morgan fingerprint density at radius 3 is 2.52 bits per heavy atom. The van der Waals surface area contributed by atoms with Gasteiger partial charge in [-0.1, -0.05) is 18.2 Å². The summed E-state index contributed by atoms with van der Waals surface area (Å²) in [5.74, 6) is -1.29. The monoisotopic (exact) mass is 393 g/mol. The molecule has 0 unspecified atom stereocenters. The van der Waals surface area contributed by atoms with Gasteiger partial charge in [0, 0.05) is 16.8 Å². The molecule has 4 rings (SSSR count).